The van der Waals surface area contributed by atoms with Gasteiger partial charge in [0.15, 0.2) is 0 Å². The summed E-state index contributed by atoms with van der Waals surface area (Å²) in [4.78, 5) is 12.2. The summed E-state index contributed by atoms with van der Waals surface area (Å²) < 4.78 is 0. The van der Waals surface area contributed by atoms with E-state index in [0.717, 1.165) is 25.9 Å². The number of benzene rings is 1. The molecule has 2 N–H and O–H groups in total. The molecule has 1 aliphatic heterocycles. The van der Waals surface area contributed by atoms with Gasteiger partial charge in [0.2, 0.25) is 5.91 Å². The van der Waals surface area contributed by atoms with Gasteiger partial charge in [-0.3, -0.25) is 4.79 Å². The molecule has 1 heterocycles. The first kappa shape index (κ1) is 16.4. The van der Waals surface area contributed by atoms with Crippen molar-refractivity contribution in [3.05, 3.63) is 35.9 Å². The number of amides is 1. The van der Waals surface area contributed by atoms with E-state index < -0.39 is 0 Å². The lowest BCUT2D eigenvalue weighted by Crippen LogP contribution is -2.33. The van der Waals surface area contributed by atoms with E-state index in [2.05, 4.69) is 29.7 Å². The van der Waals surface area contributed by atoms with Crippen molar-refractivity contribution in [2.24, 2.45) is 0 Å². The highest BCUT2D eigenvalue weighted by Gasteiger charge is 2.17. The Balaban J connectivity index is 1.80. The first-order valence-corrected chi connectivity index (χ1v) is 9.01. The molecule has 0 radical (unpaired) electrons. The van der Waals surface area contributed by atoms with Crippen molar-refractivity contribution in [3.63, 3.8) is 0 Å². The van der Waals surface area contributed by atoms with Crippen molar-refractivity contribution in [2.45, 2.75) is 43.9 Å². The third-order valence-corrected chi connectivity index (χ3v) is 5.22. The fourth-order valence-corrected chi connectivity index (χ4v) is 3.73. The first-order chi connectivity index (χ1) is 10.3. The summed E-state index contributed by atoms with van der Waals surface area (Å²) in [6, 6.07) is 10.4. The maximum Gasteiger partial charge on any atom is 0.230 e. The number of thioether (sulfide) groups is 1. The van der Waals surface area contributed by atoms with E-state index in [4.69, 9.17) is 0 Å². The van der Waals surface area contributed by atoms with Gasteiger partial charge < -0.3 is 10.6 Å². The summed E-state index contributed by atoms with van der Waals surface area (Å²) >= 11 is 1.81. The van der Waals surface area contributed by atoms with Crippen LogP contribution in [0.1, 0.15) is 44.2 Å². The van der Waals surface area contributed by atoms with Crippen LogP contribution in [-0.4, -0.2) is 30.0 Å². The molecule has 0 spiro atoms. The van der Waals surface area contributed by atoms with E-state index in [1.54, 1.807) is 0 Å². The smallest absolute Gasteiger partial charge is 0.230 e. The van der Waals surface area contributed by atoms with E-state index in [1.807, 2.05) is 30.0 Å². The van der Waals surface area contributed by atoms with Gasteiger partial charge in [-0.2, -0.15) is 0 Å². The minimum absolute atomic E-state index is 0.150. The summed E-state index contributed by atoms with van der Waals surface area (Å²) in [6.45, 7) is 4.33. The molecule has 3 nitrogen and oxygen atoms in total. The summed E-state index contributed by atoms with van der Waals surface area (Å²) in [6.07, 6.45) is 4.42. The molecule has 1 saturated heterocycles. The van der Waals surface area contributed by atoms with Crippen molar-refractivity contribution in [1.82, 2.24) is 10.6 Å². The largest absolute Gasteiger partial charge is 0.349 e. The van der Waals surface area contributed by atoms with Crippen molar-refractivity contribution in [2.75, 3.05) is 18.8 Å². The van der Waals surface area contributed by atoms with Crippen molar-refractivity contribution in [3.8, 4) is 0 Å². The topological polar surface area (TPSA) is 41.1 Å². The van der Waals surface area contributed by atoms with Gasteiger partial charge in [-0.1, -0.05) is 43.7 Å². The molecule has 0 bridgehead atoms. The standard InChI is InChI=1S/C17H26N2OS/c1-2-6-16(14-7-4-3-5-8-14)19-17(20)13-21-15-9-11-18-12-10-15/h3-5,7-8,15-16,18H,2,6,9-13H2,1H3,(H,19,20). The Morgan fingerprint density at radius 2 is 2.05 bits per heavy atom. The predicted molar refractivity (Wildman–Crippen MR) is 90.6 cm³/mol. The molecule has 1 atom stereocenters. The maximum atomic E-state index is 12.2. The second kappa shape index (κ2) is 9.11. The molecule has 4 heteroatoms. The maximum absolute atomic E-state index is 12.2. The zero-order chi connectivity index (χ0) is 14.9. The SMILES string of the molecule is CCCC(NC(=O)CSC1CCNCC1)c1ccccc1. The van der Waals surface area contributed by atoms with E-state index in [-0.39, 0.29) is 11.9 Å². The number of hydrogen-bond donors (Lipinski definition) is 2. The number of nitrogens with one attached hydrogen (secondary N) is 2. The molecule has 1 aliphatic rings. The Morgan fingerprint density at radius 1 is 1.33 bits per heavy atom. The van der Waals surface area contributed by atoms with Crippen molar-refractivity contribution in [1.29, 1.82) is 0 Å². The van der Waals surface area contributed by atoms with Gasteiger partial charge in [-0.15, -0.1) is 11.8 Å². The van der Waals surface area contributed by atoms with Crippen LogP contribution in [0.2, 0.25) is 0 Å². The monoisotopic (exact) mass is 306 g/mol. The van der Waals surface area contributed by atoms with Crippen molar-refractivity contribution >= 4 is 17.7 Å². The zero-order valence-corrected chi connectivity index (χ0v) is 13.6. The third-order valence-electron chi connectivity index (χ3n) is 3.85. The minimum Gasteiger partial charge on any atom is -0.349 e. The molecule has 1 amide bonds. The fourth-order valence-electron chi connectivity index (χ4n) is 2.69. The zero-order valence-electron chi connectivity index (χ0n) is 12.8. The number of piperidine rings is 1. The Kier molecular flexibility index (Phi) is 7.10. The average Bonchev–Trinajstić information content (AvgIpc) is 2.54. The highest BCUT2D eigenvalue weighted by Crippen LogP contribution is 2.21. The Hall–Kier alpha value is -1.00. The Morgan fingerprint density at radius 3 is 2.71 bits per heavy atom. The molecule has 1 unspecified atom stereocenters. The molecule has 1 aromatic rings. The summed E-state index contributed by atoms with van der Waals surface area (Å²) in [5, 5.41) is 7.19. The predicted octanol–water partition coefficient (Wildman–Crippen LogP) is 3.13. The minimum atomic E-state index is 0.150. The molecule has 21 heavy (non-hydrogen) atoms. The van der Waals surface area contributed by atoms with Crippen LogP contribution in [0.15, 0.2) is 30.3 Å². The summed E-state index contributed by atoms with van der Waals surface area (Å²) in [5.41, 5.74) is 1.21. The molecule has 0 saturated carbocycles. The molecule has 0 aromatic heterocycles. The van der Waals surface area contributed by atoms with Crippen LogP contribution in [0.4, 0.5) is 0 Å². The highest BCUT2D eigenvalue weighted by atomic mass is 32.2. The lowest BCUT2D eigenvalue weighted by molar-refractivity contribution is -0.119. The first-order valence-electron chi connectivity index (χ1n) is 7.96. The number of carbonyl (C=O) groups excluding carboxylic acids is 1. The molecule has 116 valence electrons. The van der Waals surface area contributed by atoms with Gasteiger partial charge in [-0.25, -0.2) is 0 Å². The second-order valence-corrected chi connectivity index (χ2v) is 6.87. The molecule has 2 rings (SSSR count). The van der Waals surface area contributed by atoms with Gasteiger partial charge in [-0.05, 0) is 37.9 Å². The van der Waals surface area contributed by atoms with E-state index in [1.165, 1.54) is 18.4 Å². The normalized spacial score (nSPS) is 17.4. The second-order valence-electron chi connectivity index (χ2n) is 5.58. The van der Waals surface area contributed by atoms with Gasteiger partial charge >= 0.3 is 0 Å². The highest BCUT2D eigenvalue weighted by molar-refractivity contribution is 8.00. The molecular weight excluding hydrogens is 280 g/mol. The Labute approximate surface area is 132 Å². The van der Waals surface area contributed by atoms with Gasteiger partial charge in [0.25, 0.3) is 0 Å². The molecule has 1 aromatic carbocycles. The number of hydrogen-bond acceptors (Lipinski definition) is 3. The number of rotatable bonds is 7. The average molecular weight is 306 g/mol. The van der Waals surface area contributed by atoms with Crippen LogP contribution in [0.5, 0.6) is 0 Å². The van der Waals surface area contributed by atoms with E-state index in [0.29, 0.717) is 11.0 Å². The summed E-state index contributed by atoms with van der Waals surface area (Å²) in [7, 11) is 0. The van der Waals surface area contributed by atoms with E-state index in [9.17, 15) is 4.79 Å². The molecule has 0 aliphatic carbocycles. The van der Waals surface area contributed by atoms with Crippen LogP contribution in [-0.2, 0) is 4.79 Å². The Bertz CT molecular complexity index is 418. The quantitative estimate of drug-likeness (QED) is 0.813. The van der Waals surface area contributed by atoms with E-state index >= 15 is 0 Å². The molecular formula is C17H26N2OS. The van der Waals surface area contributed by atoms with Crippen LogP contribution >= 0.6 is 11.8 Å². The number of carbonyl (C=O) groups is 1. The lowest BCUT2D eigenvalue weighted by Gasteiger charge is -2.23. The van der Waals surface area contributed by atoms with Crippen LogP contribution in [0, 0.1) is 0 Å². The van der Waals surface area contributed by atoms with Crippen LogP contribution in [0.3, 0.4) is 0 Å². The van der Waals surface area contributed by atoms with Gasteiger partial charge in [0.1, 0.15) is 0 Å². The van der Waals surface area contributed by atoms with Gasteiger partial charge in [0, 0.05) is 5.25 Å². The third kappa shape index (κ3) is 5.71. The fraction of sp³-hybridized carbons (Fsp3) is 0.588. The van der Waals surface area contributed by atoms with Crippen LogP contribution < -0.4 is 10.6 Å². The molecule has 1 fully saturated rings. The van der Waals surface area contributed by atoms with Gasteiger partial charge in [0.05, 0.1) is 11.8 Å². The van der Waals surface area contributed by atoms with Crippen LogP contribution in [0.25, 0.3) is 0 Å². The van der Waals surface area contributed by atoms with Crippen molar-refractivity contribution < 1.29 is 4.79 Å². The summed E-state index contributed by atoms with van der Waals surface area (Å²) in [5.74, 6) is 0.749. The lowest BCUT2D eigenvalue weighted by atomic mass is 10.0.